The summed E-state index contributed by atoms with van der Waals surface area (Å²) in [7, 11) is -3.83. The van der Waals surface area contributed by atoms with E-state index in [4.69, 9.17) is 0 Å². The van der Waals surface area contributed by atoms with Crippen molar-refractivity contribution in [1.82, 2.24) is 9.62 Å². The van der Waals surface area contributed by atoms with E-state index >= 15 is 0 Å². The maximum absolute atomic E-state index is 13.5. The number of benzene rings is 2. The van der Waals surface area contributed by atoms with Gasteiger partial charge in [-0.2, -0.15) is 4.31 Å². The van der Waals surface area contributed by atoms with Crippen molar-refractivity contribution < 1.29 is 13.2 Å². The highest BCUT2D eigenvalue weighted by atomic mass is 32.2. The summed E-state index contributed by atoms with van der Waals surface area (Å²) in [4.78, 5) is 12.9. The lowest BCUT2D eigenvalue weighted by Gasteiger charge is -2.23. The molecule has 2 aromatic rings. The summed E-state index contributed by atoms with van der Waals surface area (Å²) in [5.74, 6) is -0.277. The summed E-state index contributed by atoms with van der Waals surface area (Å²) in [6, 6.07) is 14.8. The second kappa shape index (κ2) is 10.7. The van der Waals surface area contributed by atoms with Gasteiger partial charge in [-0.3, -0.25) is 4.79 Å². The Labute approximate surface area is 186 Å². The maximum atomic E-state index is 13.5. The molecule has 31 heavy (non-hydrogen) atoms. The zero-order chi connectivity index (χ0) is 22.3. The Morgan fingerprint density at radius 3 is 2.55 bits per heavy atom. The van der Waals surface area contributed by atoms with Crippen molar-refractivity contribution in [1.29, 1.82) is 0 Å². The molecule has 166 valence electrons. The number of sulfonamides is 1. The minimum Gasteiger partial charge on any atom is -0.355 e. The van der Waals surface area contributed by atoms with Crippen molar-refractivity contribution in [3.05, 3.63) is 76.9 Å². The minimum atomic E-state index is -3.83. The van der Waals surface area contributed by atoms with Crippen LogP contribution in [-0.2, 0) is 21.4 Å². The van der Waals surface area contributed by atoms with Gasteiger partial charge in [0.15, 0.2) is 0 Å². The first-order valence-electron chi connectivity index (χ1n) is 10.9. The smallest absolute Gasteiger partial charge is 0.244 e. The normalized spacial score (nSPS) is 14.4. The summed E-state index contributed by atoms with van der Waals surface area (Å²) >= 11 is 0. The van der Waals surface area contributed by atoms with Crippen LogP contribution >= 0.6 is 0 Å². The topological polar surface area (TPSA) is 66.5 Å². The third kappa shape index (κ3) is 6.52. The minimum absolute atomic E-state index is 0.148. The lowest BCUT2D eigenvalue weighted by molar-refractivity contribution is -0.121. The predicted molar refractivity (Wildman–Crippen MR) is 124 cm³/mol. The van der Waals surface area contributed by atoms with Crippen LogP contribution in [0.2, 0.25) is 0 Å². The largest absolute Gasteiger partial charge is 0.355 e. The van der Waals surface area contributed by atoms with Crippen LogP contribution in [0.4, 0.5) is 0 Å². The van der Waals surface area contributed by atoms with E-state index in [0.29, 0.717) is 12.1 Å². The quantitative estimate of drug-likeness (QED) is 0.584. The van der Waals surface area contributed by atoms with Crippen molar-refractivity contribution in [2.75, 3.05) is 13.1 Å². The highest BCUT2D eigenvalue weighted by Gasteiger charge is 2.28. The van der Waals surface area contributed by atoms with E-state index in [1.165, 1.54) is 22.7 Å². The number of allylic oxidation sites excluding steroid dienone is 1. The summed E-state index contributed by atoms with van der Waals surface area (Å²) in [5, 5.41) is 2.91. The summed E-state index contributed by atoms with van der Waals surface area (Å²) in [5.41, 5.74) is 3.77. The molecule has 0 aliphatic heterocycles. The molecule has 0 aromatic heterocycles. The Bertz CT molecular complexity index is 1030. The van der Waals surface area contributed by atoms with E-state index in [1.807, 2.05) is 43.3 Å². The van der Waals surface area contributed by atoms with Gasteiger partial charge in [-0.25, -0.2) is 8.42 Å². The fourth-order valence-electron chi connectivity index (χ4n) is 3.85. The van der Waals surface area contributed by atoms with Gasteiger partial charge in [-0.15, -0.1) is 0 Å². The van der Waals surface area contributed by atoms with Crippen molar-refractivity contribution >= 4 is 15.9 Å². The van der Waals surface area contributed by atoms with Gasteiger partial charge < -0.3 is 5.32 Å². The number of rotatable bonds is 9. The van der Waals surface area contributed by atoms with Gasteiger partial charge in [-0.1, -0.05) is 54.1 Å². The molecule has 0 saturated heterocycles. The molecule has 6 heteroatoms. The second-order valence-corrected chi connectivity index (χ2v) is 10.1. The average Bonchev–Trinajstić information content (AvgIpc) is 2.76. The van der Waals surface area contributed by atoms with E-state index in [1.54, 1.807) is 19.1 Å². The number of hydrogen-bond donors (Lipinski definition) is 1. The zero-order valence-electron chi connectivity index (χ0n) is 18.4. The number of nitrogens with one attached hydrogen (secondary N) is 1. The van der Waals surface area contributed by atoms with Gasteiger partial charge >= 0.3 is 0 Å². The van der Waals surface area contributed by atoms with Crippen molar-refractivity contribution in [2.24, 2.45) is 0 Å². The fraction of sp³-hybridized carbons (Fsp3) is 0.400. The van der Waals surface area contributed by atoms with Crippen LogP contribution in [0.5, 0.6) is 0 Å². The van der Waals surface area contributed by atoms with Gasteiger partial charge in [0, 0.05) is 13.1 Å². The molecule has 0 unspecified atom stereocenters. The zero-order valence-corrected chi connectivity index (χ0v) is 19.2. The van der Waals surface area contributed by atoms with Crippen LogP contribution in [-0.4, -0.2) is 31.7 Å². The van der Waals surface area contributed by atoms with Crippen LogP contribution in [0.1, 0.15) is 48.8 Å². The van der Waals surface area contributed by atoms with Crippen LogP contribution in [0.15, 0.2) is 65.1 Å². The molecular formula is C25H32N2O3S. The SMILES string of the molecule is Cc1ccc(C)c(S(=O)(=O)N(CC(=O)NCCC2=CCCCC2)Cc2ccccc2)c1. The van der Waals surface area contributed by atoms with Crippen LogP contribution in [0.25, 0.3) is 0 Å². The Morgan fingerprint density at radius 2 is 1.84 bits per heavy atom. The molecule has 1 aliphatic carbocycles. The molecule has 1 aliphatic rings. The maximum Gasteiger partial charge on any atom is 0.244 e. The average molecular weight is 441 g/mol. The first-order chi connectivity index (χ1) is 14.9. The highest BCUT2D eigenvalue weighted by molar-refractivity contribution is 7.89. The monoisotopic (exact) mass is 440 g/mol. The molecule has 0 fully saturated rings. The number of nitrogens with zero attached hydrogens (tertiary/aromatic N) is 1. The van der Waals surface area contributed by atoms with E-state index in [9.17, 15) is 13.2 Å². The lowest BCUT2D eigenvalue weighted by Crippen LogP contribution is -2.40. The molecule has 0 spiro atoms. The van der Waals surface area contributed by atoms with Gasteiger partial charge in [0.1, 0.15) is 0 Å². The van der Waals surface area contributed by atoms with Crippen molar-refractivity contribution in [3.63, 3.8) is 0 Å². The van der Waals surface area contributed by atoms with Gasteiger partial charge in [0.25, 0.3) is 0 Å². The third-order valence-electron chi connectivity index (χ3n) is 5.64. The highest BCUT2D eigenvalue weighted by Crippen LogP contribution is 2.23. The number of amides is 1. The molecule has 0 saturated carbocycles. The van der Waals surface area contributed by atoms with Gasteiger partial charge in [0.05, 0.1) is 11.4 Å². The predicted octanol–water partition coefficient (Wildman–Crippen LogP) is 4.50. The van der Waals surface area contributed by atoms with E-state index in [2.05, 4.69) is 11.4 Å². The number of aryl methyl sites for hydroxylation is 2. The molecule has 1 N–H and O–H groups in total. The van der Waals surface area contributed by atoms with Crippen molar-refractivity contribution in [2.45, 2.75) is 57.4 Å². The van der Waals surface area contributed by atoms with Crippen LogP contribution < -0.4 is 5.32 Å². The molecule has 0 atom stereocenters. The fourth-order valence-corrected chi connectivity index (χ4v) is 5.54. The molecule has 0 heterocycles. The van der Waals surface area contributed by atoms with Crippen LogP contribution in [0.3, 0.4) is 0 Å². The molecule has 2 aromatic carbocycles. The summed E-state index contributed by atoms with van der Waals surface area (Å²) in [6.07, 6.45) is 7.75. The van der Waals surface area contributed by atoms with Crippen molar-refractivity contribution in [3.8, 4) is 0 Å². The first kappa shape index (κ1) is 23.2. The Hall–Kier alpha value is -2.44. The van der Waals surface area contributed by atoms with E-state index < -0.39 is 10.0 Å². The molecular weight excluding hydrogens is 408 g/mol. The standard InChI is InChI=1S/C25H32N2O3S/c1-20-13-14-21(2)24(17-20)31(29,30)27(18-23-11-7-4-8-12-23)19-25(28)26-16-15-22-9-5-3-6-10-22/h4,7-9,11-14,17H,3,5-6,10,15-16,18-19H2,1-2H3,(H,26,28). The Morgan fingerprint density at radius 1 is 1.06 bits per heavy atom. The number of carbonyl (C=O) groups excluding carboxylic acids is 1. The lowest BCUT2D eigenvalue weighted by atomic mass is 9.97. The number of hydrogen-bond acceptors (Lipinski definition) is 3. The summed E-state index contributed by atoms with van der Waals surface area (Å²) in [6.45, 7) is 4.13. The van der Waals surface area contributed by atoms with E-state index in [0.717, 1.165) is 30.4 Å². The number of carbonyl (C=O) groups is 1. The molecule has 5 nitrogen and oxygen atoms in total. The molecule has 1 amide bonds. The molecule has 0 bridgehead atoms. The second-order valence-electron chi connectivity index (χ2n) is 8.24. The van der Waals surface area contributed by atoms with Gasteiger partial charge in [-0.05, 0) is 68.7 Å². The Kier molecular flexibility index (Phi) is 8.04. The van der Waals surface area contributed by atoms with E-state index in [-0.39, 0.29) is 23.9 Å². The third-order valence-corrected chi connectivity index (χ3v) is 7.57. The van der Waals surface area contributed by atoms with Crippen LogP contribution in [0, 0.1) is 13.8 Å². The van der Waals surface area contributed by atoms with Gasteiger partial charge in [0.2, 0.25) is 15.9 Å². The first-order valence-corrected chi connectivity index (χ1v) is 12.4. The molecule has 0 radical (unpaired) electrons. The Balaban J connectivity index is 1.75. The molecule has 3 rings (SSSR count). The summed E-state index contributed by atoms with van der Waals surface area (Å²) < 4.78 is 28.3.